The second-order valence-corrected chi connectivity index (χ2v) is 5.92. The standard InChI is InChI=1S/C20H25N3O2/c1-3-13-21-20(25)17-9-11-18(12-10-17)22-14-19(24)23(2)15-16-7-5-4-6-8-16/h4-12,22H,3,13-15H2,1-2H3,(H,21,25). The van der Waals surface area contributed by atoms with Crippen LogP contribution in [0.4, 0.5) is 5.69 Å². The zero-order valence-corrected chi connectivity index (χ0v) is 14.8. The maximum Gasteiger partial charge on any atom is 0.251 e. The average Bonchev–Trinajstić information content (AvgIpc) is 2.65. The van der Waals surface area contributed by atoms with Crippen LogP contribution in [-0.2, 0) is 11.3 Å². The molecule has 2 aromatic rings. The highest BCUT2D eigenvalue weighted by atomic mass is 16.2. The van der Waals surface area contributed by atoms with Crippen LogP contribution in [-0.4, -0.2) is 36.9 Å². The Morgan fingerprint density at radius 3 is 2.32 bits per heavy atom. The van der Waals surface area contributed by atoms with E-state index in [0.717, 1.165) is 17.7 Å². The fourth-order valence-corrected chi connectivity index (χ4v) is 2.34. The van der Waals surface area contributed by atoms with Crippen molar-refractivity contribution in [2.24, 2.45) is 0 Å². The fourth-order valence-electron chi connectivity index (χ4n) is 2.34. The van der Waals surface area contributed by atoms with Gasteiger partial charge in [0.1, 0.15) is 0 Å². The minimum absolute atomic E-state index is 0.00798. The van der Waals surface area contributed by atoms with E-state index in [4.69, 9.17) is 0 Å². The molecular weight excluding hydrogens is 314 g/mol. The van der Waals surface area contributed by atoms with Crippen molar-refractivity contribution >= 4 is 17.5 Å². The first-order valence-electron chi connectivity index (χ1n) is 8.50. The van der Waals surface area contributed by atoms with E-state index in [1.54, 1.807) is 24.1 Å². The summed E-state index contributed by atoms with van der Waals surface area (Å²) in [7, 11) is 1.79. The van der Waals surface area contributed by atoms with Gasteiger partial charge in [-0.15, -0.1) is 0 Å². The van der Waals surface area contributed by atoms with E-state index in [1.165, 1.54) is 0 Å². The minimum Gasteiger partial charge on any atom is -0.376 e. The monoisotopic (exact) mass is 339 g/mol. The van der Waals surface area contributed by atoms with Gasteiger partial charge in [-0.1, -0.05) is 37.3 Å². The van der Waals surface area contributed by atoms with Gasteiger partial charge in [-0.05, 0) is 36.2 Å². The highest BCUT2D eigenvalue weighted by Gasteiger charge is 2.09. The van der Waals surface area contributed by atoms with Crippen molar-refractivity contribution in [2.75, 3.05) is 25.5 Å². The van der Waals surface area contributed by atoms with E-state index in [2.05, 4.69) is 10.6 Å². The Labute approximate surface area is 149 Å². The Balaban J connectivity index is 1.82. The second-order valence-electron chi connectivity index (χ2n) is 5.92. The van der Waals surface area contributed by atoms with Gasteiger partial charge in [-0.2, -0.15) is 0 Å². The van der Waals surface area contributed by atoms with Crippen LogP contribution in [0.5, 0.6) is 0 Å². The van der Waals surface area contributed by atoms with E-state index in [9.17, 15) is 9.59 Å². The molecule has 0 bridgehead atoms. The Bertz CT molecular complexity index is 684. The van der Waals surface area contributed by atoms with Crippen LogP contribution in [0.15, 0.2) is 54.6 Å². The van der Waals surface area contributed by atoms with Gasteiger partial charge in [-0.25, -0.2) is 0 Å². The van der Waals surface area contributed by atoms with E-state index in [-0.39, 0.29) is 18.4 Å². The smallest absolute Gasteiger partial charge is 0.251 e. The summed E-state index contributed by atoms with van der Waals surface area (Å²) < 4.78 is 0. The Morgan fingerprint density at radius 2 is 1.68 bits per heavy atom. The molecule has 0 aliphatic carbocycles. The first-order valence-corrected chi connectivity index (χ1v) is 8.50. The van der Waals surface area contributed by atoms with Crippen LogP contribution in [0.25, 0.3) is 0 Å². The zero-order valence-electron chi connectivity index (χ0n) is 14.8. The Morgan fingerprint density at radius 1 is 1.00 bits per heavy atom. The SMILES string of the molecule is CCCNC(=O)c1ccc(NCC(=O)N(C)Cc2ccccc2)cc1. The van der Waals surface area contributed by atoms with Crippen molar-refractivity contribution < 1.29 is 9.59 Å². The molecule has 0 saturated carbocycles. The molecule has 132 valence electrons. The van der Waals surface area contributed by atoms with Crippen molar-refractivity contribution in [1.82, 2.24) is 10.2 Å². The summed E-state index contributed by atoms with van der Waals surface area (Å²) in [6.45, 7) is 3.48. The van der Waals surface area contributed by atoms with Gasteiger partial charge in [0.05, 0.1) is 6.54 Å². The highest BCUT2D eigenvalue weighted by Crippen LogP contribution is 2.10. The van der Waals surface area contributed by atoms with Gasteiger partial charge in [0.15, 0.2) is 0 Å². The summed E-state index contributed by atoms with van der Waals surface area (Å²) in [5, 5.41) is 5.93. The predicted octanol–water partition coefficient (Wildman–Crippen LogP) is 2.90. The van der Waals surface area contributed by atoms with Crippen LogP contribution in [0.2, 0.25) is 0 Å². The van der Waals surface area contributed by atoms with Gasteiger partial charge in [0, 0.05) is 31.4 Å². The van der Waals surface area contributed by atoms with Gasteiger partial charge < -0.3 is 15.5 Å². The number of benzene rings is 2. The maximum absolute atomic E-state index is 12.2. The lowest BCUT2D eigenvalue weighted by molar-refractivity contribution is -0.128. The molecule has 25 heavy (non-hydrogen) atoms. The summed E-state index contributed by atoms with van der Waals surface area (Å²) >= 11 is 0. The molecule has 0 heterocycles. The number of nitrogens with zero attached hydrogens (tertiary/aromatic N) is 1. The summed E-state index contributed by atoms with van der Waals surface area (Å²) in [4.78, 5) is 25.8. The van der Waals surface area contributed by atoms with Crippen molar-refractivity contribution in [3.63, 3.8) is 0 Å². The number of amides is 2. The largest absolute Gasteiger partial charge is 0.376 e. The number of hydrogen-bond acceptors (Lipinski definition) is 3. The molecule has 0 aliphatic heterocycles. The molecule has 2 N–H and O–H groups in total. The number of carbonyl (C=O) groups excluding carboxylic acids is 2. The normalized spacial score (nSPS) is 10.2. The fraction of sp³-hybridized carbons (Fsp3) is 0.300. The molecule has 0 radical (unpaired) electrons. The van der Waals surface area contributed by atoms with Crippen LogP contribution in [0, 0.1) is 0 Å². The summed E-state index contributed by atoms with van der Waals surface area (Å²) in [6.07, 6.45) is 0.907. The molecule has 5 heteroatoms. The number of likely N-dealkylation sites (N-methyl/N-ethyl adjacent to an activating group) is 1. The van der Waals surface area contributed by atoms with Crippen LogP contribution >= 0.6 is 0 Å². The van der Waals surface area contributed by atoms with E-state index in [1.807, 2.05) is 49.4 Å². The number of carbonyl (C=O) groups is 2. The van der Waals surface area contributed by atoms with E-state index in [0.29, 0.717) is 18.7 Å². The first-order chi connectivity index (χ1) is 12.1. The van der Waals surface area contributed by atoms with Crippen LogP contribution in [0.1, 0.15) is 29.3 Å². The Hall–Kier alpha value is -2.82. The first kappa shape index (κ1) is 18.5. The average molecular weight is 339 g/mol. The molecule has 0 atom stereocenters. The van der Waals surface area contributed by atoms with Gasteiger partial charge in [0.25, 0.3) is 5.91 Å². The molecule has 0 fully saturated rings. The molecule has 0 unspecified atom stereocenters. The lowest BCUT2D eigenvalue weighted by atomic mass is 10.2. The van der Waals surface area contributed by atoms with Gasteiger partial charge in [-0.3, -0.25) is 9.59 Å². The summed E-state index contributed by atoms with van der Waals surface area (Å²) in [5.41, 5.74) is 2.53. The topological polar surface area (TPSA) is 61.4 Å². The lowest BCUT2D eigenvalue weighted by Gasteiger charge is -2.18. The molecule has 0 aromatic heterocycles. The quantitative estimate of drug-likeness (QED) is 0.777. The Kier molecular flexibility index (Phi) is 7.01. The van der Waals surface area contributed by atoms with E-state index >= 15 is 0 Å². The minimum atomic E-state index is -0.0768. The summed E-state index contributed by atoms with van der Waals surface area (Å²) in [6, 6.07) is 17.0. The molecule has 0 aliphatic rings. The van der Waals surface area contributed by atoms with Gasteiger partial charge >= 0.3 is 0 Å². The summed E-state index contributed by atoms with van der Waals surface area (Å²) in [5.74, 6) is -0.0688. The number of hydrogen-bond donors (Lipinski definition) is 2. The zero-order chi connectivity index (χ0) is 18.1. The number of rotatable bonds is 8. The molecule has 5 nitrogen and oxygen atoms in total. The number of nitrogens with one attached hydrogen (secondary N) is 2. The molecule has 0 saturated heterocycles. The predicted molar refractivity (Wildman–Crippen MR) is 100 cm³/mol. The third kappa shape index (κ3) is 5.95. The van der Waals surface area contributed by atoms with Crippen LogP contribution in [0.3, 0.4) is 0 Å². The van der Waals surface area contributed by atoms with Gasteiger partial charge in [0.2, 0.25) is 5.91 Å². The molecular formula is C20H25N3O2. The maximum atomic E-state index is 12.2. The molecule has 0 spiro atoms. The van der Waals surface area contributed by atoms with Crippen molar-refractivity contribution in [2.45, 2.75) is 19.9 Å². The number of anilines is 1. The van der Waals surface area contributed by atoms with Crippen molar-refractivity contribution in [3.05, 3.63) is 65.7 Å². The molecule has 2 aromatic carbocycles. The third-order valence-corrected chi connectivity index (χ3v) is 3.81. The highest BCUT2D eigenvalue weighted by molar-refractivity contribution is 5.94. The molecule has 2 rings (SSSR count). The van der Waals surface area contributed by atoms with Crippen molar-refractivity contribution in [1.29, 1.82) is 0 Å². The second kappa shape index (κ2) is 9.47. The third-order valence-electron chi connectivity index (χ3n) is 3.81. The van der Waals surface area contributed by atoms with Crippen LogP contribution < -0.4 is 10.6 Å². The molecule has 2 amide bonds. The van der Waals surface area contributed by atoms with Crippen molar-refractivity contribution in [3.8, 4) is 0 Å². The lowest BCUT2D eigenvalue weighted by Crippen LogP contribution is -2.31. The van der Waals surface area contributed by atoms with E-state index < -0.39 is 0 Å².